The quantitative estimate of drug-likeness (QED) is 0.251. The van der Waals surface area contributed by atoms with Gasteiger partial charge in [0.15, 0.2) is 0 Å². The molecule has 5 N–H and O–H groups in total. The lowest BCUT2D eigenvalue weighted by Gasteiger charge is -2.20. The molecule has 0 bridgehead atoms. The Morgan fingerprint density at radius 2 is 1.83 bits per heavy atom. The van der Waals surface area contributed by atoms with E-state index in [1.807, 2.05) is 42.5 Å². The summed E-state index contributed by atoms with van der Waals surface area (Å²) in [6.45, 7) is 0.539. The fourth-order valence-corrected chi connectivity index (χ4v) is 4.62. The third kappa shape index (κ3) is 6.60. The van der Waals surface area contributed by atoms with Gasteiger partial charge in [0.2, 0.25) is 5.91 Å². The van der Waals surface area contributed by atoms with Gasteiger partial charge in [-0.1, -0.05) is 43.5 Å². The summed E-state index contributed by atoms with van der Waals surface area (Å²) in [5, 5.41) is 19.7. The molecule has 1 heterocycles. The standard InChI is InChI=1S/C26H31N5O3.ClH/c27-25(28)18-10-8-17(9-11-18)15-23-30-21-16-20(29-26(34)19-5-2-1-3-6-19)12-13-22(21)31(23)14-4-7-24(32)33;/h8-13,16,19H,1-7,14-15H2,(H3,27,28)(H,29,34)(H,32,33);1H. The van der Waals surface area contributed by atoms with Crippen LogP contribution in [0.3, 0.4) is 0 Å². The zero-order valence-electron chi connectivity index (χ0n) is 19.6. The Bertz CT molecular complexity index is 1200. The highest BCUT2D eigenvalue weighted by atomic mass is 35.5. The highest BCUT2D eigenvalue weighted by molar-refractivity contribution is 5.95. The maximum Gasteiger partial charge on any atom is 0.303 e. The number of carbonyl (C=O) groups excluding carboxylic acids is 1. The van der Waals surface area contributed by atoms with Crippen molar-refractivity contribution in [3.05, 3.63) is 59.4 Å². The fourth-order valence-electron chi connectivity index (χ4n) is 4.62. The monoisotopic (exact) mass is 497 g/mol. The first-order chi connectivity index (χ1) is 16.4. The molecule has 4 rings (SSSR count). The predicted octanol–water partition coefficient (Wildman–Crippen LogP) is 4.72. The van der Waals surface area contributed by atoms with Crippen molar-refractivity contribution in [1.82, 2.24) is 9.55 Å². The number of carbonyl (C=O) groups is 2. The summed E-state index contributed by atoms with van der Waals surface area (Å²) in [4.78, 5) is 28.6. The van der Waals surface area contributed by atoms with E-state index in [0.717, 1.165) is 53.8 Å². The minimum Gasteiger partial charge on any atom is -0.481 e. The lowest BCUT2D eigenvalue weighted by Crippen LogP contribution is -2.24. The van der Waals surface area contributed by atoms with Crippen LogP contribution in [0, 0.1) is 11.3 Å². The van der Waals surface area contributed by atoms with Gasteiger partial charge in [0.05, 0.1) is 11.0 Å². The number of carboxylic acids is 1. The van der Waals surface area contributed by atoms with Crippen LogP contribution >= 0.6 is 12.4 Å². The van der Waals surface area contributed by atoms with Crippen LogP contribution in [0.4, 0.5) is 5.69 Å². The number of fused-ring (bicyclic) bond motifs is 1. The Morgan fingerprint density at radius 1 is 1.11 bits per heavy atom. The molecule has 0 saturated heterocycles. The molecule has 0 aliphatic heterocycles. The third-order valence-corrected chi connectivity index (χ3v) is 6.47. The number of hydrogen-bond donors (Lipinski definition) is 4. The first-order valence-corrected chi connectivity index (χ1v) is 11.9. The van der Waals surface area contributed by atoms with Crippen molar-refractivity contribution in [2.45, 2.75) is 57.9 Å². The van der Waals surface area contributed by atoms with E-state index in [2.05, 4.69) is 9.88 Å². The van der Waals surface area contributed by atoms with Gasteiger partial charge in [0, 0.05) is 36.6 Å². The molecular formula is C26H32ClN5O3. The average molecular weight is 498 g/mol. The average Bonchev–Trinajstić information content (AvgIpc) is 3.16. The molecular weight excluding hydrogens is 466 g/mol. The normalized spacial score (nSPS) is 13.8. The number of nitrogen functional groups attached to an aromatic ring is 1. The third-order valence-electron chi connectivity index (χ3n) is 6.47. The summed E-state index contributed by atoms with van der Waals surface area (Å²) in [6, 6.07) is 13.2. The molecule has 1 fully saturated rings. The van der Waals surface area contributed by atoms with Gasteiger partial charge in [-0.25, -0.2) is 4.98 Å². The maximum atomic E-state index is 12.7. The Kier molecular flexibility index (Phi) is 8.87. The lowest BCUT2D eigenvalue weighted by molar-refractivity contribution is -0.137. The van der Waals surface area contributed by atoms with E-state index in [4.69, 9.17) is 21.2 Å². The number of anilines is 1. The molecule has 0 unspecified atom stereocenters. The molecule has 8 nitrogen and oxygen atoms in total. The Morgan fingerprint density at radius 3 is 2.49 bits per heavy atom. The van der Waals surface area contributed by atoms with Gasteiger partial charge >= 0.3 is 5.97 Å². The van der Waals surface area contributed by atoms with Crippen LogP contribution in [-0.2, 0) is 22.6 Å². The summed E-state index contributed by atoms with van der Waals surface area (Å²) in [7, 11) is 0. The van der Waals surface area contributed by atoms with Crippen LogP contribution in [0.2, 0.25) is 0 Å². The van der Waals surface area contributed by atoms with Gasteiger partial charge < -0.3 is 20.7 Å². The van der Waals surface area contributed by atoms with Crippen LogP contribution in [0.25, 0.3) is 11.0 Å². The number of benzene rings is 2. The van der Waals surface area contributed by atoms with Crippen LogP contribution < -0.4 is 11.1 Å². The molecule has 186 valence electrons. The number of rotatable bonds is 9. The van der Waals surface area contributed by atoms with Crippen molar-refractivity contribution in [2.75, 3.05) is 5.32 Å². The van der Waals surface area contributed by atoms with Crippen LogP contribution in [0.15, 0.2) is 42.5 Å². The zero-order valence-corrected chi connectivity index (χ0v) is 20.4. The molecule has 1 aromatic heterocycles. The van der Waals surface area contributed by atoms with Crippen LogP contribution in [0.5, 0.6) is 0 Å². The number of amidine groups is 1. The second-order valence-corrected chi connectivity index (χ2v) is 8.99. The molecule has 0 atom stereocenters. The van der Waals surface area contributed by atoms with Gasteiger partial charge in [-0.3, -0.25) is 15.0 Å². The molecule has 9 heteroatoms. The van der Waals surface area contributed by atoms with Gasteiger partial charge in [0.25, 0.3) is 0 Å². The number of nitrogens with two attached hydrogens (primary N) is 1. The largest absolute Gasteiger partial charge is 0.481 e. The number of imidazole rings is 1. The topological polar surface area (TPSA) is 134 Å². The predicted molar refractivity (Wildman–Crippen MR) is 139 cm³/mol. The van der Waals surface area contributed by atoms with Crippen molar-refractivity contribution in [2.24, 2.45) is 11.7 Å². The smallest absolute Gasteiger partial charge is 0.303 e. The van der Waals surface area contributed by atoms with E-state index in [1.165, 1.54) is 6.42 Å². The second-order valence-electron chi connectivity index (χ2n) is 8.99. The molecule has 2 aromatic carbocycles. The summed E-state index contributed by atoms with van der Waals surface area (Å²) in [6.07, 6.45) is 6.44. The number of aryl methyl sites for hydroxylation is 1. The van der Waals surface area contributed by atoms with E-state index in [-0.39, 0.29) is 36.5 Å². The van der Waals surface area contributed by atoms with E-state index >= 15 is 0 Å². The minimum absolute atomic E-state index is 0. The van der Waals surface area contributed by atoms with Gasteiger partial charge in [-0.2, -0.15) is 0 Å². The second kappa shape index (κ2) is 11.8. The van der Waals surface area contributed by atoms with Crippen molar-refractivity contribution in [3.63, 3.8) is 0 Å². The lowest BCUT2D eigenvalue weighted by atomic mass is 9.88. The zero-order chi connectivity index (χ0) is 24.1. The van der Waals surface area contributed by atoms with Crippen molar-refractivity contribution in [1.29, 1.82) is 5.41 Å². The van der Waals surface area contributed by atoms with E-state index in [0.29, 0.717) is 24.9 Å². The van der Waals surface area contributed by atoms with Crippen molar-refractivity contribution < 1.29 is 14.7 Å². The minimum atomic E-state index is -0.821. The van der Waals surface area contributed by atoms with Crippen LogP contribution in [-0.4, -0.2) is 32.4 Å². The molecule has 1 aliphatic carbocycles. The van der Waals surface area contributed by atoms with Crippen LogP contribution in [0.1, 0.15) is 61.9 Å². The Hall–Kier alpha value is -3.39. The molecule has 1 aliphatic rings. The first-order valence-electron chi connectivity index (χ1n) is 11.9. The summed E-state index contributed by atoms with van der Waals surface area (Å²) >= 11 is 0. The SMILES string of the molecule is Cl.N=C(N)c1ccc(Cc2nc3cc(NC(=O)C4CCCCC4)ccc3n2CCCC(=O)O)cc1. The summed E-state index contributed by atoms with van der Waals surface area (Å²) in [5.74, 6) is 0.178. The number of hydrogen-bond acceptors (Lipinski definition) is 4. The van der Waals surface area contributed by atoms with E-state index in [9.17, 15) is 9.59 Å². The van der Waals surface area contributed by atoms with E-state index < -0.39 is 5.97 Å². The Labute approximate surface area is 210 Å². The molecule has 35 heavy (non-hydrogen) atoms. The van der Waals surface area contributed by atoms with Crippen molar-refractivity contribution in [3.8, 4) is 0 Å². The van der Waals surface area contributed by atoms with Gasteiger partial charge in [-0.15, -0.1) is 12.4 Å². The number of carboxylic acid groups (broad SMARTS) is 1. The van der Waals surface area contributed by atoms with Crippen molar-refractivity contribution >= 4 is 46.8 Å². The Balaban J connectivity index is 0.00000342. The van der Waals surface area contributed by atoms with E-state index in [1.54, 1.807) is 0 Å². The highest BCUT2D eigenvalue weighted by Crippen LogP contribution is 2.27. The maximum absolute atomic E-state index is 12.7. The van der Waals surface area contributed by atoms with Gasteiger partial charge in [-0.05, 0) is 43.0 Å². The number of halogens is 1. The fraction of sp³-hybridized carbons (Fsp3) is 0.385. The molecule has 3 aromatic rings. The number of aliphatic carboxylic acids is 1. The summed E-state index contributed by atoms with van der Waals surface area (Å²) < 4.78 is 2.06. The molecule has 1 saturated carbocycles. The number of amides is 1. The first kappa shape index (κ1) is 26.2. The molecule has 0 spiro atoms. The number of nitrogens with one attached hydrogen (secondary N) is 2. The molecule has 0 radical (unpaired) electrons. The van der Waals surface area contributed by atoms with Gasteiger partial charge in [0.1, 0.15) is 11.7 Å². The highest BCUT2D eigenvalue weighted by Gasteiger charge is 2.21. The number of aromatic nitrogens is 2. The number of nitrogens with zero attached hydrogens (tertiary/aromatic N) is 2. The summed E-state index contributed by atoms with van der Waals surface area (Å²) in [5.41, 5.74) is 9.65. The molecule has 1 amide bonds.